The predicted molar refractivity (Wildman–Crippen MR) is 136 cm³/mol. The van der Waals surface area contributed by atoms with Gasteiger partial charge in [-0.15, -0.1) is 0 Å². The Balaban J connectivity index is 1.52. The molecule has 1 aliphatic heterocycles. The van der Waals surface area contributed by atoms with Gasteiger partial charge in [-0.25, -0.2) is 16.8 Å². The van der Waals surface area contributed by atoms with E-state index in [-0.39, 0.29) is 18.0 Å². The third kappa shape index (κ3) is 7.33. The van der Waals surface area contributed by atoms with E-state index in [2.05, 4.69) is 5.32 Å². The highest BCUT2D eigenvalue weighted by Crippen LogP contribution is 2.26. The largest absolute Gasteiger partial charge is 0.492 e. The first-order chi connectivity index (χ1) is 16.5. The number of anilines is 1. The second kappa shape index (κ2) is 11.6. The van der Waals surface area contributed by atoms with Crippen LogP contribution in [0.25, 0.3) is 0 Å². The Kier molecular flexibility index (Phi) is 9.03. The van der Waals surface area contributed by atoms with E-state index >= 15 is 0 Å². The van der Waals surface area contributed by atoms with E-state index < -0.39 is 32.5 Å². The number of aryl methyl sites for hydroxylation is 1. The van der Waals surface area contributed by atoms with Crippen LogP contribution in [0.2, 0.25) is 5.02 Å². The van der Waals surface area contributed by atoms with Crippen molar-refractivity contribution in [3.63, 3.8) is 0 Å². The van der Waals surface area contributed by atoms with Gasteiger partial charge in [0.25, 0.3) is 0 Å². The summed E-state index contributed by atoms with van der Waals surface area (Å²) in [6.45, 7) is 2.67. The van der Waals surface area contributed by atoms with Gasteiger partial charge in [-0.05, 0) is 61.7 Å². The minimum Gasteiger partial charge on any atom is -0.492 e. The molecular formula is C23H30ClN3O6S2. The van der Waals surface area contributed by atoms with Crippen LogP contribution < -0.4 is 14.4 Å². The number of rotatable bonds is 10. The monoisotopic (exact) mass is 543 g/mol. The SMILES string of the molecule is Cc1ccc(Cl)cc1N(CC(=O)NCCOc1ccc(S(=O)(=O)N2CCCCC2)cc1)S(C)(=O)=O. The molecule has 0 atom stereocenters. The van der Waals surface area contributed by atoms with Gasteiger partial charge in [0, 0.05) is 18.1 Å². The standard InChI is InChI=1S/C23H30ClN3O6S2/c1-18-6-7-19(24)16-22(18)27(34(2,29)30)17-23(28)25-12-15-33-20-8-10-21(11-9-20)35(31,32)26-13-4-3-5-14-26/h6-11,16H,3-5,12-15,17H2,1-2H3,(H,25,28). The number of ether oxygens (including phenoxy) is 1. The number of nitrogens with one attached hydrogen (secondary N) is 1. The zero-order valence-corrected chi connectivity index (χ0v) is 22.1. The normalized spacial score (nSPS) is 14.9. The lowest BCUT2D eigenvalue weighted by atomic mass is 10.2. The van der Waals surface area contributed by atoms with Crippen LogP contribution in [0.3, 0.4) is 0 Å². The number of benzene rings is 2. The Bertz CT molecular complexity index is 1240. The van der Waals surface area contributed by atoms with Crippen LogP contribution in [0.1, 0.15) is 24.8 Å². The van der Waals surface area contributed by atoms with Gasteiger partial charge in [-0.2, -0.15) is 4.31 Å². The van der Waals surface area contributed by atoms with Gasteiger partial charge in [0.2, 0.25) is 26.0 Å². The minimum absolute atomic E-state index is 0.124. The highest BCUT2D eigenvalue weighted by molar-refractivity contribution is 7.92. The van der Waals surface area contributed by atoms with Crippen molar-refractivity contribution >= 4 is 43.2 Å². The molecule has 1 aliphatic rings. The van der Waals surface area contributed by atoms with Crippen molar-refractivity contribution in [2.75, 3.05) is 43.3 Å². The number of nitrogens with zero attached hydrogens (tertiary/aromatic N) is 2. The van der Waals surface area contributed by atoms with Crippen molar-refractivity contribution < 1.29 is 26.4 Å². The molecule has 192 valence electrons. The lowest BCUT2D eigenvalue weighted by Crippen LogP contribution is -2.41. The van der Waals surface area contributed by atoms with Gasteiger partial charge in [-0.3, -0.25) is 9.10 Å². The number of sulfonamides is 2. The maximum absolute atomic E-state index is 12.7. The third-order valence-corrected chi connectivity index (χ3v) is 8.87. The average Bonchev–Trinajstić information content (AvgIpc) is 2.82. The molecule has 2 aromatic rings. The lowest BCUT2D eigenvalue weighted by Gasteiger charge is -2.25. The molecule has 0 aromatic heterocycles. The highest BCUT2D eigenvalue weighted by Gasteiger charge is 2.26. The molecule has 1 N–H and O–H groups in total. The molecule has 2 aromatic carbocycles. The molecule has 0 unspecified atom stereocenters. The molecule has 0 radical (unpaired) electrons. The second-order valence-electron chi connectivity index (χ2n) is 8.34. The zero-order chi connectivity index (χ0) is 25.6. The van der Waals surface area contributed by atoms with Crippen molar-refractivity contribution in [1.82, 2.24) is 9.62 Å². The molecule has 1 heterocycles. The van der Waals surface area contributed by atoms with Crippen LogP contribution in [0.5, 0.6) is 5.75 Å². The van der Waals surface area contributed by atoms with Gasteiger partial charge >= 0.3 is 0 Å². The summed E-state index contributed by atoms with van der Waals surface area (Å²) < 4.78 is 58.1. The first-order valence-corrected chi connectivity index (χ1v) is 14.9. The Hall–Kier alpha value is -2.34. The molecule has 1 amide bonds. The molecule has 1 fully saturated rings. The van der Waals surface area contributed by atoms with Crippen LogP contribution in [0.4, 0.5) is 5.69 Å². The molecule has 0 bridgehead atoms. The van der Waals surface area contributed by atoms with Crippen LogP contribution in [0, 0.1) is 6.92 Å². The molecule has 12 heteroatoms. The predicted octanol–water partition coefficient (Wildman–Crippen LogP) is 2.78. The molecule has 35 heavy (non-hydrogen) atoms. The van der Waals surface area contributed by atoms with Crippen molar-refractivity contribution in [3.8, 4) is 5.75 Å². The molecular weight excluding hydrogens is 514 g/mol. The quantitative estimate of drug-likeness (QED) is 0.461. The van der Waals surface area contributed by atoms with E-state index in [1.54, 1.807) is 31.2 Å². The third-order valence-electron chi connectivity index (χ3n) is 5.60. The number of carbonyl (C=O) groups excluding carboxylic acids is 1. The van der Waals surface area contributed by atoms with Gasteiger partial charge in [0.1, 0.15) is 18.9 Å². The van der Waals surface area contributed by atoms with E-state index in [0.29, 0.717) is 35.1 Å². The highest BCUT2D eigenvalue weighted by atomic mass is 35.5. The first kappa shape index (κ1) is 27.3. The smallest absolute Gasteiger partial charge is 0.243 e. The summed E-state index contributed by atoms with van der Waals surface area (Å²) in [6.07, 6.45) is 3.81. The maximum Gasteiger partial charge on any atom is 0.243 e. The Morgan fingerprint density at radius 3 is 2.34 bits per heavy atom. The number of piperidine rings is 1. The summed E-state index contributed by atoms with van der Waals surface area (Å²) in [4.78, 5) is 12.6. The number of hydrogen-bond donors (Lipinski definition) is 1. The summed E-state index contributed by atoms with van der Waals surface area (Å²) in [5.74, 6) is -0.0365. The molecule has 1 saturated heterocycles. The van der Waals surface area contributed by atoms with Crippen LogP contribution in [-0.4, -0.2) is 66.1 Å². The number of hydrogen-bond acceptors (Lipinski definition) is 6. The molecule has 0 aliphatic carbocycles. The number of halogens is 1. The Morgan fingerprint density at radius 2 is 1.71 bits per heavy atom. The summed E-state index contributed by atoms with van der Waals surface area (Å²) in [5.41, 5.74) is 1.01. The summed E-state index contributed by atoms with van der Waals surface area (Å²) >= 11 is 6.01. The van der Waals surface area contributed by atoms with E-state index in [4.69, 9.17) is 16.3 Å². The fraction of sp³-hybridized carbons (Fsp3) is 0.435. The molecule has 0 saturated carbocycles. The van der Waals surface area contributed by atoms with Crippen LogP contribution in [-0.2, 0) is 24.8 Å². The van der Waals surface area contributed by atoms with E-state index in [0.717, 1.165) is 29.8 Å². The first-order valence-electron chi connectivity index (χ1n) is 11.2. The summed E-state index contributed by atoms with van der Waals surface area (Å²) in [7, 11) is -7.23. The Morgan fingerprint density at radius 1 is 1.06 bits per heavy atom. The minimum atomic E-state index is -3.72. The topological polar surface area (TPSA) is 113 Å². The van der Waals surface area contributed by atoms with Crippen molar-refractivity contribution in [2.24, 2.45) is 0 Å². The van der Waals surface area contributed by atoms with Crippen molar-refractivity contribution in [2.45, 2.75) is 31.1 Å². The molecule has 0 spiro atoms. The van der Waals surface area contributed by atoms with E-state index in [1.807, 2.05) is 0 Å². The summed E-state index contributed by atoms with van der Waals surface area (Å²) in [5, 5.41) is 3.00. The number of carbonyl (C=O) groups is 1. The van der Waals surface area contributed by atoms with E-state index in [9.17, 15) is 21.6 Å². The van der Waals surface area contributed by atoms with Gasteiger partial charge in [-0.1, -0.05) is 24.1 Å². The van der Waals surface area contributed by atoms with Crippen molar-refractivity contribution in [1.29, 1.82) is 0 Å². The zero-order valence-electron chi connectivity index (χ0n) is 19.7. The second-order valence-corrected chi connectivity index (χ2v) is 12.6. The molecule has 3 rings (SSSR count). The molecule has 9 nitrogen and oxygen atoms in total. The van der Waals surface area contributed by atoms with Gasteiger partial charge in [0.05, 0.1) is 23.4 Å². The van der Waals surface area contributed by atoms with Crippen LogP contribution >= 0.6 is 11.6 Å². The number of amides is 1. The summed E-state index contributed by atoms with van der Waals surface area (Å²) in [6, 6.07) is 11.0. The maximum atomic E-state index is 12.7. The van der Waals surface area contributed by atoms with Crippen LogP contribution in [0.15, 0.2) is 47.4 Å². The average molecular weight is 544 g/mol. The van der Waals surface area contributed by atoms with E-state index in [1.165, 1.54) is 22.5 Å². The lowest BCUT2D eigenvalue weighted by molar-refractivity contribution is -0.119. The Labute approximate surface area is 212 Å². The van der Waals surface area contributed by atoms with Gasteiger partial charge in [0.15, 0.2) is 0 Å². The van der Waals surface area contributed by atoms with Gasteiger partial charge < -0.3 is 10.1 Å². The fourth-order valence-corrected chi connectivity index (χ4v) is 6.33. The van der Waals surface area contributed by atoms with Crippen molar-refractivity contribution in [3.05, 3.63) is 53.1 Å². The fourth-order valence-electron chi connectivity index (χ4n) is 3.74.